The van der Waals surface area contributed by atoms with Gasteiger partial charge in [-0.25, -0.2) is 4.39 Å². The number of amidine groups is 1. The van der Waals surface area contributed by atoms with Gasteiger partial charge in [-0.15, -0.1) is 0 Å². The minimum absolute atomic E-state index is 0.0492. The summed E-state index contributed by atoms with van der Waals surface area (Å²) in [6.45, 7) is 0. The van der Waals surface area contributed by atoms with E-state index in [9.17, 15) is 4.39 Å². The number of ether oxygens (including phenoxy) is 1. The van der Waals surface area contributed by atoms with Crippen LogP contribution in [0.15, 0.2) is 41.6 Å². The van der Waals surface area contributed by atoms with Gasteiger partial charge in [0.1, 0.15) is 17.3 Å². The monoisotopic (exact) mass is 314 g/mol. The molecule has 0 amide bonds. The van der Waals surface area contributed by atoms with Gasteiger partial charge in [0.05, 0.1) is 10.0 Å². The fraction of sp³-hybridized carbons (Fsp3) is 0. The first kappa shape index (κ1) is 14.4. The lowest BCUT2D eigenvalue weighted by atomic mass is 10.2. The lowest BCUT2D eigenvalue weighted by Gasteiger charge is -2.09. The van der Waals surface area contributed by atoms with Crippen LogP contribution in [0, 0.1) is 5.82 Å². The van der Waals surface area contributed by atoms with Crippen molar-refractivity contribution in [3.05, 3.63) is 57.8 Å². The Kier molecular flexibility index (Phi) is 4.32. The molecular weight excluding hydrogens is 306 g/mol. The third-order valence-electron chi connectivity index (χ3n) is 2.45. The number of hydrogen-bond acceptors (Lipinski definition) is 3. The number of nitrogens with zero attached hydrogens (tertiary/aromatic N) is 1. The first-order valence-electron chi connectivity index (χ1n) is 5.41. The molecule has 0 saturated carbocycles. The molecule has 0 bridgehead atoms. The number of nitrogens with two attached hydrogens (primary N) is 1. The van der Waals surface area contributed by atoms with Crippen molar-refractivity contribution in [3.63, 3.8) is 0 Å². The van der Waals surface area contributed by atoms with Crippen LogP contribution in [0.5, 0.6) is 11.5 Å². The van der Waals surface area contributed by atoms with E-state index in [-0.39, 0.29) is 15.9 Å². The molecule has 3 N–H and O–H groups in total. The summed E-state index contributed by atoms with van der Waals surface area (Å²) in [4.78, 5) is 0. The van der Waals surface area contributed by atoms with Gasteiger partial charge < -0.3 is 15.7 Å². The standard InChI is InChI=1S/C13H9Cl2FN2O2/c14-9-6-8(2-3-11(9)16)20-12-4-1-7(5-10(12)15)13(17)18-19/h1-6,19H,(H2,17,18). The molecule has 0 aliphatic rings. The Labute approximate surface area is 124 Å². The Morgan fingerprint density at radius 1 is 1.15 bits per heavy atom. The van der Waals surface area contributed by atoms with E-state index >= 15 is 0 Å². The zero-order valence-electron chi connectivity index (χ0n) is 9.98. The van der Waals surface area contributed by atoms with Crippen LogP contribution < -0.4 is 10.5 Å². The van der Waals surface area contributed by atoms with Crippen LogP contribution in [0.3, 0.4) is 0 Å². The second-order valence-corrected chi connectivity index (χ2v) is 4.62. The van der Waals surface area contributed by atoms with Gasteiger partial charge in [0, 0.05) is 11.6 Å². The molecule has 0 fully saturated rings. The van der Waals surface area contributed by atoms with Crippen LogP contribution in [0.2, 0.25) is 10.0 Å². The van der Waals surface area contributed by atoms with Crippen molar-refractivity contribution in [1.29, 1.82) is 0 Å². The van der Waals surface area contributed by atoms with E-state index in [0.717, 1.165) is 0 Å². The first-order valence-corrected chi connectivity index (χ1v) is 6.17. The molecule has 4 nitrogen and oxygen atoms in total. The summed E-state index contributed by atoms with van der Waals surface area (Å²) in [5.41, 5.74) is 5.89. The topological polar surface area (TPSA) is 67.8 Å². The van der Waals surface area contributed by atoms with E-state index in [1.807, 2.05) is 0 Å². The predicted molar refractivity (Wildman–Crippen MR) is 75.4 cm³/mol. The fourth-order valence-corrected chi connectivity index (χ4v) is 1.86. The highest BCUT2D eigenvalue weighted by molar-refractivity contribution is 6.32. The van der Waals surface area contributed by atoms with Gasteiger partial charge in [0.15, 0.2) is 5.84 Å². The summed E-state index contributed by atoms with van der Waals surface area (Å²) in [6.07, 6.45) is 0. The van der Waals surface area contributed by atoms with Crippen molar-refractivity contribution >= 4 is 29.0 Å². The second kappa shape index (κ2) is 5.98. The lowest BCUT2D eigenvalue weighted by molar-refractivity contribution is 0.318. The maximum atomic E-state index is 13.0. The lowest BCUT2D eigenvalue weighted by Crippen LogP contribution is -2.12. The summed E-state index contributed by atoms with van der Waals surface area (Å²) in [5, 5.41) is 11.7. The van der Waals surface area contributed by atoms with Gasteiger partial charge in [-0.3, -0.25) is 0 Å². The Morgan fingerprint density at radius 2 is 1.90 bits per heavy atom. The summed E-state index contributed by atoms with van der Waals surface area (Å²) in [7, 11) is 0. The zero-order valence-corrected chi connectivity index (χ0v) is 11.5. The van der Waals surface area contributed by atoms with Crippen molar-refractivity contribution in [2.75, 3.05) is 0 Å². The molecule has 2 aromatic carbocycles. The number of benzene rings is 2. The van der Waals surface area contributed by atoms with Crippen LogP contribution in [-0.4, -0.2) is 11.0 Å². The average Bonchev–Trinajstić information content (AvgIpc) is 2.44. The predicted octanol–water partition coefficient (Wildman–Crippen LogP) is 4.02. The SMILES string of the molecule is NC(=NO)c1ccc(Oc2ccc(F)c(Cl)c2)c(Cl)c1. The fourth-order valence-electron chi connectivity index (χ4n) is 1.47. The molecule has 0 saturated heterocycles. The minimum atomic E-state index is -0.535. The van der Waals surface area contributed by atoms with Crippen LogP contribution in [0.1, 0.15) is 5.56 Å². The van der Waals surface area contributed by atoms with Crippen molar-refractivity contribution in [2.45, 2.75) is 0 Å². The van der Waals surface area contributed by atoms with Crippen LogP contribution >= 0.6 is 23.2 Å². The van der Waals surface area contributed by atoms with Gasteiger partial charge in [0.2, 0.25) is 0 Å². The van der Waals surface area contributed by atoms with Crippen molar-refractivity contribution < 1.29 is 14.3 Å². The van der Waals surface area contributed by atoms with Gasteiger partial charge in [0.25, 0.3) is 0 Å². The smallest absolute Gasteiger partial charge is 0.170 e. The molecule has 0 aromatic heterocycles. The number of halogens is 3. The maximum absolute atomic E-state index is 13.0. The molecule has 0 spiro atoms. The molecule has 0 radical (unpaired) electrons. The van der Waals surface area contributed by atoms with E-state index in [1.54, 1.807) is 12.1 Å². The molecular formula is C13H9Cl2FN2O2. The Bertz CT molecular complexity index is 677. The van der Waals surface area contributed by atoms with E-state index < -0.39 is 5.82 Å². The van der Waals surface area contributed by atoms with Gasteiger partial charge in [-0.2, -0.15) is 0 Å². The van der Waals surface area contributed by atoms with Gasteiger partial charge in [-0.05, 0) is 30.3 Å². The molecule has 104 valence electrons. The highest BCUT2D eigenvalue weighted by atomic mass is 35.5. The minimum Gasteiger partial charge on any atom is -0.456 e. The zero-order chi connectivity index (χ0) is 14.7. The van der Waals surface area contributed by atoms with E-state index in [1.165, 1.54) is 24.3 Å². The highest BCUT2D eigenvalue weighted by Gasteiger charge is 2.08. The highest BCUT2D eigenvalue weighted by Crippen LogP contribution is 2.31. The Hall–Kier alpha value is -1.98. The van der Waals surface area contributed by atoms with E-state index in [0.29, 0.717) is 17.1 Å². The Balaban J connectivity index is 2.28. The summed E-state index contributed by atoms with van der Waals surface area (Å²) >= 11 is 11.7. The normalized spacial score (nSPS) is 11.4. The average molecular weight is 315 g/mol. The Morgan fingerprint density at radius 3 is 2.50 bits per heavy atom. The van der Waals surface area contributed by atoms with Crippen LogP contribution in [0.25, 0.3) is 0 Å². The first-order chi connectivity index (χ1) is 9.51. The van der Waals surface area contributed by atoms with Crippen molar-refractivity contribution in [3.8, 4) is 11.5 Å². The third-order valence-corrected chi connectivity index (χ3v) is 3.04. The molecule has 0 aliphatic heterocycles. The largest absolute Gasteiger partial charge is 0.456 e. The molecule has 2 aromatic rings. The summed E-state index contributed by atoms with van der Waals surface area (Å²) in [5.74, 6) is 0.0781. The molecule has 2 rings (SSSR count). The number of oxime groups is 1. The maximum Gasteiger partial charge on any atom is 0.170 e. The quantitative estimate of drug-likeness (QED) is 0.389. The third kappa shape index (κ3) is 3.12. The van der Waals surface area contributed by atoms with Gasteiger partial charge >= 0.3 is 0 Å². The molecule has 0 aliphatic carbocycles. The van der Waals surface area contributed by atoms with E-state index in [2.05, 4.69) is 5.16 Å². The molecule has 7 heteroatoms. The number of rotatable bonds is 3. The van der Waals surface area contributed by atoms with E-state index in [4.69, 9.17) is 38.9 Å². The van der Waals surface area contributed by atoms with Crippen molar-refractivity contribution in [1.82, 2.24) is 0 Å². The summed E-state index contributed by atoms with van der Waals surface area (Å²) < 4.78 is 18.5. The second-order valence-electron chi connectivity index (χ2n) is 3.81. The van der Waals surface area contributed by atoms with Crippen LogP contribution in [0.4, 0.5) is 4.39 Å². The van der Waals surface area contributed by atoms with Gasteiger partial charge in [-0.1, -0.05) is 28.4 Å². The summed E-state index contributed by atoms with van der Waals surface area (Å²) in [6, 6.07) is 8.56. The number of hydrogen-bond donors (Lipinski definition) is 2. The van der Waals surface area contributed by atoms with Crippen molar-refractivity contribution in [2.24, 2.45) is 10.9 Å². The van der Waals surface area contributed by atoms with Crippen LogP contribution in [-0.2, 0) is 0 Å². The molecule has 20 heavy (non-hydrogen) atoms. The molecule has 0 unspecified atom stereocenters. The molecule has 0 atom stereocenters. The molecule has 0 heterocycles.